The van der Waals surface area contributed by atoms with E-state index in [0.29, 0.717) is 6.08 Å². The predicted molar refractivity (Wildman–Crippen MR) is 110 cm³/mol. The number of benzene rings is 2. The molecule has 0 N–H and O–H groups in total. The fourth-order valence-electron chi connectivity index (χ4n) is 2.83. The van der Waals surface area contributed by atoms with Gasteiger partial charge in [0.25, 0.3) is 17.3 Å². The maximum absolute atomic E-state index is 12.7. The predicted octanol–water partition coefficient (Wildman–Crippen LogP) is 2.99. The van der Waals surface area contributed by atoms with Crippen molar-refractivity contribution < 1.29 is 34.3 Å². The first-order valence-corrected chi connectivity index (χ1v) is 8.41. The lowest BCUT2D eigenvalue weighted by Crippen LogP contribution is -2.27. The molecule has 0 fully saturated rings. The zero-order chi connectivity index (χ0) is 26.8. The molecule has 180 valence electrons. The summed E-state index contributed by atoms with van der Waals surface area (Å²) >= 11 is 0. The lowest BCUT2D eigenvalue weighted by atomic mass is 10.1. The Bertz CT molecular complexity index is 1210. The van der Waals surface area contributed by atoms with E-state index in [0.717, 1.165) is 0 Å². The monoisotopic (exact) mass is 493 g/mol. The van der Waals surface area contributed by atoms with Gasteiger partial charge in [-0.05, 0) is 6.08 Å². The maximum atomic E-state index is 12.7. The number of hydrogen-bond acceptors (Lipinski definition) is 13. The number of non-ortho nitro benzene ring substituents is 2. The quantitative estimate of drug-likeness (QED) is 0.276. The van der Waals surface area contributed by atoms with Gasteiger partial charge in [0.2, 0.25) is 11.4 Å². The largest absolute Gasteiger partial charge is 0.307 e. The molecular weight excluding hydrogens is 486 g/mol. The number of carbonyl (C=O) groups is 1. The molecule has 0 heterocycles. The van der Waals surface area contributed by atoms with Crippen LogP contribution in [0.4, 0.5) is 45.5 Å². The smallest absolute Gasteiger partial charge is 0.269 e. The van der Waals surface area contributed by atoms with Gasteiger partial charge in [-0.15, -0.1) is 0 Å². The minimum Gasteiger partial charge on any atom is -0.269 e. The van der Waals surface area contributed by atoms with Crippen molar-refractivity contribution >= 4 is 51.4 Å². The number of carbonyl (C=O) groups excluding carboxylic acids is 1. The number of hydrogen-bond donors (Lipinski definition) is 0. The SMILES string of the molecule is C=CC(=O)N(c1c([N+](=O)[O-])cc([N+](=O)[O-])cc1[N+](=O)[O-])c1c([N+](=O)[O-])cc([N+](=O)[O-])cc1[N+](=O)[O-]. The fraction of sp³-hybridized carbons (Fsp3) is 0. The Balaban J connectivity index is 3.25. The van der Waals surface area contributed by atoms with Crippen LogP contribution in [0.25, 0.3) is 0 Å². The highest BCUT2D eigenvalue weighted by atomic mass is 16.6. The second-order valence-electron chi connectivity index (χ2n) is 6.09. The van der Waals surface area contributed by atoms with Crippen molar-refractivity contribution in [3.05, 3.63) is 97.6 Å². The summed E-state index contributed by atoms with van der Waals surface area (Å²) in [6, 6.07) is 0.701. The Labute approximate surface area is 189 Å². The van der Waals surface area contributed by atoms with Gasteiger partial charge >= 0.3 is 22.7 Å². The van der Waals surface area contributed by atoms with Crippen molar-refractivity contribution in [1.29, 1.82) is 0 Å². The second kappa shape index (κ2) is 9.27. The molecule has 35 heavy (non-hydrogen) atoms. The van der Waals surface area contributed by atoms with Crippen molar-refractivity contribution in [2.24, 2.45) is 0 Å². The van der Waals surface area contributed by atoms with E-state index in [9.17, 15) is 65.5 Å². The average Bonchev–Trinajstić information content (AvgIpc) is 2.77. The van der Waals surface area contributed by atoms with E-state index in [4.69, 9.17) is 0 Å². The van der Waals surface area contributed by atoms with Gasteiger partial charge in [0.15, 0.2) is 0 Å². The molecule has 0 saturated carbocycles. The van der Waals surface area contributed by atoms with Crippen molar-refractivity contribution in [2.75, 3.05) is 4.90 Å². The molecule has 0 aromatic heterocycles. The summed E-state index contributed by atoms with van der Waals surface area (Å²) in [5.41, 5.74) is -11.3. The zero-order valence-corrected chi connectivity index (χ0v) is 16.5. The topological polar surface area (TPSA) is 279 Å². The minimum atomic E-state index is -1.62. The fourth-order valence-corrected chi connectivity index (χ4v) is 2.83. The molecular formula is C15H7N7O13. The molecule has 2 rings (SSSR count). The van der Waals surface area contributed by atoms with Crippen LogP contribution in [0.1, 0.15) is 0 Å². The van der Waals surface area contributed by atoms with Gasteiger partial charge in [0.05, 0.1) is 53.8 Å². The molecule has 2 aromatic rings. The first-order chi connectivity index (χ1) is 16.2. The van der Waals surface area contributed by atoms with Crippen LogP contribution in [0.2, 0.25) is 0 Å². The van der Waals surface area contributed by atoms with Gasteiger partial charge in [0, 0.05) is 0 Å². The van der Waals surface area contributed by atoms with E-state index >= 15 is 0 Å². The highest BCUT2D eigenvalue weighted by Gasteiger charge is 2.43. The molecule has 0 saturated heterocycles. The van der Waals surface area contributed by atoms with Crippen molar-refractivity contribution in [3.8, 4) is 0 Å². The molecule has 0 radical (unpaired) electrons. The number of rotatable bonds is 9. The van der Waals surface area contributed by atoms with Crippen LogP contribution in [0.3, 0.4) is 0 Å². The Kier molecular flexibility index (Phi) is 6.71. The Morgan fingerprint density at radius 1 is 0.600 bits per heavy atom. The van der Waals surface area contributed by atoms with Crippen molar-refractivity contribution in [2.45, 2.75) is 0 Å². The number of anilines is 2. The van der Waals surface area contributed by atoms with Crippen LogP contribution in [0, 0.1) is 60.7 Å². The van der Waals surface area contributed by atoms with Crippen LogP contribution in [-0.4, -0.2) is 35.4 Å². The molecule has 20 nitrogen and oxygen atoms in total. The molecule has 0 aliphatic carbocycles. The molecule has 0 unspecified atom stereocenters. The molecule has 0 spiro atoms. The second-order valence-corrected chi connectivity index (χ2v) is 6.09. The standard InChI is InChI=1S/C15H7N7O13/c1-2-13(23)16(14-9(19(28)29)3-7(17(24)25)4-10(14)20(30)31)15-11(21(32)33)5-8(18(26)27)6-12(15)22(34)35/h2-6H,1H2. The van der Waals surface area contributed by atoms with E-state index in [-0.39, 0.29) is 29.2 Å². The molecule has 2 aromatic carbocycles. The molecule has 20 heteroatoms. The van der Waals surface area contributed by atoms with E-state index < -0.39 is 80.9 Å². The summed E-state index contributed by atoms with van der Waals surface area (Å²) in [7, 11) is 0. The number of amides is 1. The molecule has 0 aliphatic heterocycles. The Morgan fingerprint density at radius 2 is 0.857 bits per heavy atom. The third-order valence-electron chi connectivity index (χ3n) is 4.16. The first kappa shape index (κ1) is 25.3. The van der Waals surface area contributed by atoms with Crippen molar-refractivity contribution in [1.82, 2.24) is 0 Å². The lowest BCUT2D eigenvalue weighted by molar-refractivity contribution is -0.402. The van der Waals surface area contributed by atoms with Gasteiger partial charge in [-0.25, -0.2) is 0 Å². The average molecular weight is 493 g/mol. The van der Waals surface area contributed by atoms with Gasteiger partial charge in [-0.1, -0.05) is 6.58 Å². The van der Waals surface area contributed by atoms with Crippen LogP contribution >= 0.6 is 0 Å². The van der Waals surface area contributed by atoms with E-state index in [1.165, 1.54) is 0 Å². The summed E-state index contributed by atoms with van der Waals surface area (Å²) in [6.07, 6.45) is 0.323. The summed E-state index contributed by atoms with van der Waals surface area (Å²) < 4.78 is 0. The normalized spacial score (nSPS) is 10.2. The van der Waals surface area contributed by atoms with E-state index in [1.54, 1.807) is 0 Å². The minimum absolute atomic E-state index is 0.175. The van der Waals surface area contributed by atoms with Gasteiger partial charge < -0.3 is 0 Å². The highest BCUT2D eigenvalue weighted by Crippen LogP contribution is 2.50. The highest BCUT2D eigenvalue weighted by molar-refractivity contribution is 6.13. The van der Waals surface area contributed by atoms with Crippen molar-refractivity contribution in [3.63, 3.8) is 0 Å². The molecule has 0 bridgehead atoms. The Hall–Kier alpha value is -5.95. The van der Waals surface area contributed by atoms with E-state index in [2.05, 4.69) is 6.58 Å². The third kappa shape index (κ3) is 4.64. The number of nitro benzene ring substituents is 6. The van der Waals surface area contributed by atoms with Crippen LogP contribution in [0.15, 0.2) is 36.9 Å². The molecule has 0 atom stereocenters. The third-order valence-corrected chi connectivity index (χ3v) is 4.16. The van der Waals surface area contributed by atoms with Crippen LogP contribution < -0.4 is 4.90 Å². The Morgan fingerprint density at radius 3 is 1.03 bits per heavy atom. The van der Waals surface area contributed by atoms with E-state index in [1.807, 2.05) is 0 Å². The number of nitro groups is 6. The summed E-state index contributed by atoms with van der Waals surface area (Å²) in [4.78, 5) is 73.1. The maximum Gasteiger partial charge on any atom is 0.307 e. The molecule has 0 aliphatic rings. The first-order valence-electron chi connectivity index (χ1n) is 8.41. The van der Waals surface area contributed by atoms with Gasteiger partial charge in [-0.2, -0.15) is 0 Å². The summed E-state index contributed by atoms with van der Waals surface area (Å²) in [5, 5.41) is 68.8. The van der Waals surface area contributed by atoms with Gasteiger partial charge in [-0.3, -0.25) is 70.4 Å². The lowest BCUT2D eigenvalue weighted by Gasteiger charge is -2.20. The van der Waals surface area contributed by atoms with Crippen LogP contribution in [-0.2, 0) is 4.79 Å². The van der Waals surface area contributed by atoms with Gasteiger partial charge in [0.1, 0.15) is 0 Å². The number of nitrogens with zero attached hydrogens (tertiary/aromatic N) is 7. The molecule has 1 amide bonds. The van der Waals surface area contributed by atoms with Crippen LogP contribution in [0.5, 0.6) is 0 Å². The summed E-state index contributed by atoms with van der Waals surface area (Å²) in [6.45, 7) is 3.04. The summed E-state index contributed by atoms with van der Waals surface area (Å²) in [5.74, 6) is -1.62. The zero-order valence-electron chi connectivity index (χ0n) is 16.5.